The number of ether oxygens (including phenoxy) is 2. The zero-order chi connectivity index (χ0) is 39.5. The monoisotopic (exact) mass is 752 g/mol. The topological polar surface area (TPSA) is 55.8 Å². The first-order valence-corrected chi connectivity index (χ1v) is 24.0. The fourth-order valence-corrected chi connectivity index (χ4v) is 7.21. The van der Waals surface area contributed by atoms with E-state index in [2.05, 4.69) is 39.5 Å². The van der Waals surface area contributed by atoms with Gasteiger partial charge in [0.05, 0.1) is 6.61 Å². The average molecular weight is 752 g/mol. The van der Waals surface area contributed by atoms with Crippen molar-refractivity contribution < 1.29 is 19.1 Å². The first-order chi connectivity index (χ1) is 25.9. The predicted molar refractivity (Wildman–Crippen MR) is 233 cm³/mol. The van der Waals surface area contributed by atoms with E-state index < -0.39 is 0 Å². The van der Waals surface area contributed by atoms with Gasteiger partial charge in [-0.05, 0) is 76.8 Å². The number of hydrogen-bond acceptors (Lipinski definition) is 5. The number of rotatable bonds is 41. The van der Waals surface area contributed by atoms with Gasteiger partial charge in [0.2, 0.25) is 0 Å². The van der Waals surface area contributed by atoms with Crippen LogP contribution in [-0.2, 0) is 19.1 Å². The summed E-state index contributed by atoms with van der Waals surface area (Å²) in [5.74, 6) is 0.725. The number of carbonyl (C=O) groups is 2. The third kappa shape index (κ3) is 43.5. The molecular weight excluding hydrogens is 655 g/mol. The van der Waals surface area contributed by atoms with Crippen molar-refractivity contribution in [3.8, 4) is 0 Å². The molecule has 0 atom stereocenters. The van der Waals surface area contributed by atoms with Crippen LogP contribution in [0.1, 0.15) is 260 Å². The van der Waals surface area contributed by atoms with E-state index in [0.717, 1.165) is 44.9 Å². The second-order valence-electron chi connectivity index (χ2n) is 16.3. The van der Waals surface area contributed by atoms with E-state index in [0.29, 0.717) is 25.4 Å². The minimum Gasteiger partial charge on any atom is -0.466 e. The van der Waals surface area contributed by atoms with Crippen LogP contribution in [0.25, 0.3) is 0 Å². The van der Waals surface area contributed by atoms with Gasteiger partial charge in [-0.15, -0.1) is 0 Å². The molecule has 0 aliphatic rings. The Morgan fingerprint density at radius 2 is 0.811 bits per heavy atom. The van der Waals surface area contributed by atoms with E-state index in [-0.39, 0.29) is 18.0 Å². The summed E-state index contributed by atoms with van der Waals surface area (Å²) < 4.78 is 11.5. The molecule has 53 heavy (non-hydrogen) atoms. The van der Waals surface area contributed by atoms with Gasteiger partial charge in [-0.25, -0.2) is 0 Å². The Kier molecular flexibility index (Phi) is 46.1. The molecule has 0 spiro atoms. The van der Waals surface area contributed by atoms with Crippen molar-refractivity contribution in [3.05, 3.63) is 0 Å². The predicted octanol–water partition coefficient (Wildman–Crippen LogP) is 15.4. The maximum Gasteiger partial charge on any atom is 0.306 e. The van der Waals surface area contributed by atoms with Crippen molar-refractivity contribution in [2.24, 2.45) is 5.92 Å². The van der Waals surface area contributed by atoms with Crippen molar-refractivity contribution in [1.82, 2.24) is 4.90 Å². The highest BCUT2D eigenvalue weighted by Crippen LogP contribution is 2.19. The Labute approximate surface area is 333 Å². The molecule has 0 unspecified atom stereocenters. The number of carbonyl (C=O) groups excluding carboxylic acids is 2. The van der Waals surface area contributed by atoms with Gasteiger partial charge in [0, 0.05) is 19.4 Å². The molecule has 318 valence electrons. The molecule has 0 heterocycles. The Hall–Kier alpha value is -1.10. The van der Waals surface area contributed by atoms with Crippen LogP contribution in [0, 0.1) is 5.92 Å². The van der Waals surface area contributed by atoms with E-state index in [1.807, 2.05) is 13.8 Å². The molecule has 0 aliphatic carbocycles. The smallest absolute Gasteiger partial charge is 0.306 e. The van der Waals surface area contributed by atoms with E-state index in [1.54, 1.807) is 0 Å². The zero-order valence-electron chi connectivity index (χ0n) is 37.4. The molecule has 0 amide bonds. The molecule has 0 aromatic heterocycles. The van der Waals surface area contributed by atoms with Crippen LogP contribution in [0.4, 0.5) is 0 Å². The second-order valence-corrected chi connectivity index (χ2v) is 16.3. The van der Waals surface area contributed by atoms with Crippen LogP contribution in [0.2, 0.25) is 0 Å². The maximum atomic E-state index is 12.7. The lowest BCUT2D eigenvalue weighted by atomic mass is 10.0. The molecule has 0 saturated heterocycles. The van der Waals surface area contributed by atoms with Crippen molar-refractivity contribution in [1.29, 1.82) is 0 Å². The summed E-state index contributed by atoms with van der Waals surface area (Å²) in [6.45, 7) is 19.6. The van der Waals surface area contributed by atoms with Gasteiger partial charge in [-0.1, -0.05) is 190 Å². The molecule has 0 fully saturated rings. The van der Waals surface area contributed by atoms with Crippen LogP contribution < -0.4 is 0 Å². The molecule has 0 aromatic rings. The number of hydrogen-bond donors (Lipinski definition) is 0. The molecule has 0 N–H and O–H groups in total. The normalized spacial score (nSPS) is 11.4. The first kappa shape index (κ1) is 54.0. The highest BCUT2D eigenvalue weighted by atomic mass is 16.5. The molecule has 0 saturated carbocycles. The summed E-state index contributed by atoms with van der Waals surface area (Å²) in [7, 11) is 0. The van der Waals surface area contributed by atoms with Crippen LogP contribution in [0.3, 0.4) is 0 Å². The van der Waals surface area contributed by atoms with E-state index in [4.69, 9.17) is 9.47 Å². The molecule has 0 rings (SSSR count). The fraction of sp³-hybridized carbons (Fsp3) is 0.958. The van der Waals surface area contributed by atoms with Crippen LogP contribution in [-0.4, -0.2) is 49.2 Å². The van der Waals surface area contributed by atoms with Gasteiger partial charge >= 0.3 is 11.9 Å². The van der Waals surface area contributed by atoms with Crippen molar-refractivity contribution in [2.75, 3.05) is 26.2 Å². The molecule has 0 aromatic carbocycles. The maximum absolute atomic E-state index is 12.7. The fourth-order valence-electron chi connectivity index (χ4n) is 7.21. The summed E-state index contributed by atoms with van der Waals surface area (Å²) in [5, 5.41) is 0. The largest absolute Gasteiger partial charge is 0.466 e. The van der Waals surface area contributed by atoms with Gasteiger partial charge in [0.25, 0.3) is 0 Å². The van der Waals surface area contributed by atoms with Crippen molar-refractivity contribution >= 4 is 11.9 Å². The average Bonchev–Trinajstić information content (AvgIpc) is 3.15. The van der Waals surface area contributed by atoms with Gasteiger partial charge in [-0.2, -0.15) is 0 Å². The molecular formula is C48H97NO4. The highest BCUT2D eigenvalue weighted by molar-refractivity contribution is 5.69. The summed E-state index contributed by atoms with van der Waals surface area (Å²) >= 11 is 0. The Morgan fingerprint density at radius 3 is 1.25 bits per heavy atom. The van der Waals surface area contributed by atoms with Crippen molar-refractivity contribution in [2.45, 2.75) is 266 Å². The van der Waals surface area contributed by atoms with Gasteiger partial charge in [0.15, 0.2) is 0 Å². The lowest BCUT2D eigenvalue weighted by Gasteiger charge is -2.24. The molecule has 0 radical (unpaired) electrons. The highest BCUT2D eigenvalue weighted by Gasteiger charge is 2.14. The Bertz CT molecular complexity index is 710. The van der Waals surface area contributed by atoms with Crippen LogP contribution in [0.15, 0.2) is 0 Å². The van der Waals surface area contributed by atoms with Gasteiger partial charge in [0.1, 0.15) is 6.10 Å². The first-order valence-electron chi connectivity index (χ1n) is 24.0. The summed E-state index contributed by atoms with van der Waals surface area (Å²) in [6.07, 6.45) is 39.3. The SMILES string of the molecule is CC.CCCCCCCCCOC(=O)CCCCCCCN(CCCCCCCC(=O)OC(CCCCCCCC)CCCCCCCC)CC(C)C. The number of nitrogens with zero attached hydrogens (tertiary/aromatic N) is 1. The zero-order valence-corrected chi connectivity index (χ0v) is 37.4. The van der Waals surface area contributed by atoms with E-state index in [1.165, 1.54) is 174 Å². The quantitative estimate of drug-likeness (QED) is 0.0460. The van der Waals surface area contributed by atoms with Crippen LogP contribution >= 0.6 is 0 Å². The van der Waals surface area contributed by atoms with Gasteiger partial charge in [-0.3, -0.25) is 9.59 Å². The van der Waals surface area contributed by atoms with Crippen LogP contribution in [0.5, 0.6) is 0 Å². The van der Waals surface area contributed by atoms with E-state index >= 15 is 0 Å². The van der Waals surface area contributed by atoms with E-state index in [9.17, 15) is 9.59 Å². The number of esters is 2. The molecule has 0 aliphatic heterocycles. The summed E-state index contributed by atoms with van der Waals surface area (Å²) in [5.41, 5.74) is 0. The molecule has 5 nitrogen and oxygen atoms in total. The minimum absolute atomic E-state index is 0.00438. The lowest BCUT2D eigenvalue weighted by Crippen LogP contribution is -2.30. The summed E-state index contributed by atoms with van der Waals surface area (Å²) in [6, 6.07) is 0. The lowest BCUT2D eigenvalue weighted by molar-refractivity contribution is -0.150. The molecule has 0 bridgehead atoms. The Morgan fingerprint density at radius 1 is 0.453 bits per heavy atom. The minimum atomic E-state index is -0.00438. The van der Waals surface area contributed by atoms with Gasteiger partial charge < -0.3 is 14.4 Å². The third-order valence-electron chi connectivity index (χ3n) is 10.4. The molecule has 5 heteroatoms. The second kappa shape index (κ2) is 45.3. The third-order valence-corrected chi connectivity index (χ3v) is 10.4. The standard InChI is InChI=1S/C46H91NO4.C2H6/c1-6-9-12-15-18-27-34-41-50-45(48)37-30-23-19-25-32-39-47(42-43(4)5)40-33-26-20-24-31-38-46(49)51-44(35-28-21-16-13-10-7-2)36-29-22-17-14-11-8-3;1-2/h43-44H,6-42H2,1-5H3;1-2H3. The number of unbranched alkanes of at least 4 members (excludes halogenated alkanes) is 24. The summed E-state index contributed by atoms with van der Waals surface area (Å²) in [4.78, 5) is 27.4. The Balaban J connectivity index is 0. The van der Waals surface area contributed by atoms with Crippen molar-refractivity contribution in [3.63, 3.8) is 0 Å².